The zero-order valence-electron chi connectivity index (χ0n) is 9.85. The van der Waals surface area contributed by atoms with Gasteiger partial charge in [-0.3, -0.25) is 9.78 Å². The van der Waals surface area contributed by atoms with Crippen LogP contribution in [0.1, 0.15) is 25.7 Å². The van der Waals surface area contributed by atoms with Crippen LogP contribution in [-0.4, -0.2) is 35.1 Å². The third-order valence-electron chi connectivity index (χ3n) is 3.51. The molecule has 0 radical (unpaired) electrons. The summed E-state index contributed by atoms with van der Waals surface area (Å²) in [4.78, 5) is 20.9. The van der Waals surface area contributed by atoms with Gasteiger partial charge < -0.3 is 10.2 Å². The zero-order chi connectivity index (χ0) is 11.7. The third-order valence-corrected chi connectivity index (χ3v) is 3.51. The predicted molar refractivity (Wildman–Crippen MR) is 66.3 cm³/mol. The second-order valence-corrected chi connectivity index (χ2v) is 4.90. The number of aromatic nitrogens is 2. The third kappa shape index (κ3) is 2.34. The van der Waals surface area contributed by atoms with E-state index in [2.05, 4.69) is 20.2 Å². The summed E-state index contributed by atoms with van der Waals surface area (Å²) >= 11 is 0. The van der Waals surface area contributed by atoms with E-state index in [0.717, 1.165) is 19.0 Å². The second kappa shape index (κ2) is 4.49. The van der Waals surface area contributed by atoms with Crippen LogP contribution >= 0.6 is 0 Å². The normalized spacial score (nSPS) is 24.6. The molecule has 1 aromatic rings. The number of hydrogen-bond acceptors (Lipinski definition) is 4. The predicted octanol–water partition coefficient (Wildman–Crippen LogP) is 0.491. The minimum atomic E-state index is -0.0654. The van der Waals surface area contributed by atoms with E-state index >= 15 is 0 Å². The first-order valence-corrected chi connectivity index (χ1v) is 6.39. The lowest BCUT2D eigenvalue weighted by Crippen LogP contribution is -2.48. The van der Waals surface area contributed by atoms with Crippen LogP contribution in [0.5, 0.6) is 0 Å². The molecule has 1 saturated carbocycles. The summed E-state index contributed by atoms with van der Waals surface area (Å²) in [5.41, 5.74) is -0.0654. The molecule has 2 N–H and O–H groups in total. The van der Waals surface area contributed by atoms with Crippen molar-refractivity contribution in [3.05, 3.63) is 22.6 Å². The molecule has 1 aromatic heterocycles. The molecule has 1 atom stereocenters. The Morgan fingerprint density at radius 1 is 1.29 bits per heavy atom. The molecule has 17 heavy (non-hydrogen) atoms. The summed E-state index contributed by atoms with van der Waals surface area (Å²) in [5, 5.41) is 3.42. The molecule has 1 saturated heterocycles. The number of piperidine rings is 1. The zero-order valence-corrected chi connectivity index (χ0v) is 9.85. The van der Waals surface area contributed by atoms with Crippen molar-refractivity contribution in [3.8, 4) is 0 Å². The van der Waals surface area contributed by atoms with E-state index in [-0.39, 0.29) is 5.56 Å². The molecule has 1 unspecified atom stereocenters. The number of hydrogen-bond donors (Lipinski definition) is 2. The van der Waals surface area contributed by atoms with E-state index in [1.54, 1.807) is 6.20 Å². The first-order valence-electron chi connectivity index (χ1n) is 6.39. The Kier molecular flexibility index (Phi) is 2.84. The molecule has 5 nitrogen and oxygen atoms in total. The maximum Gasteiger partial charge on any atom is 0.252 e. The Morgan fingerprint density at radius 2 is 2.18 bits per heavy atom. The Bertz CT molecular complexity index is 434. The fraction of sp³-hybridized carbons (Fsp3) is 0.667. The van der Waals surface area contributed by atoms with E-state index in [0.29, 0.717) is 12.1 Å². The number of nitrogens with zero attached hydrogens (tertiary/aromatic N) is 2. The Hall–Kier alpha value is -1.36. The van der Waals surface area contributed by atoms with Crippen LogP contribution in [0.15, 0.2) is 17.1 Å². The molecule has 0 aromatic carbocycles. The maximum atomic E-state index is 11.4. The molecule has 0 amide bonds. The quantitative estimate of drug-likeness (QED) is 0.799. The standard InChI is InChI=1S/C12H18N4O/c17-11-5-7-14-12(15-11)16(9-3-4-9)10-2-1-6-13-8-10/h5,7,9-10,13H,1-4,6,8H2,(H,14,15,17). The molecule has 1 aliphatic heterocycles. The average Bonchev–Trinajstić information content (AvgIpc) is 3.15. The van der Waals surface area contributed by atoms with Gasteiger partial charge in [-0.25, -0.2) is 4.98 Å². The van der Waals surface area contributed by atoms with Gasteiger partial charge >= 0.3 is 0 Å². The summed E-state index contributed by atoms with van der Waals surface area (Å²) in [7, 11) is 0. The second-order valence-electron chi connectivity index (χ2n) is 4.90. The van der Waals surface area contributed by atoms with Crippen LogP contribution in [0.3, 0.4) is 0 Å². The van der Waals surface area contributed by atoms with E-state index in [4.69, 9.17) is 0 Å². The van der Waals surface area contributed by atoms with E-state index < -0.39 is 0 Å². The van der Waals surface area contributed by atoms with Gasteiger partial charge in [0.1, 0.15) is 0 Å². The lowest BCUT2D eigenvalue weighted by Gasteiger charge is -2.35. The molecular formula is C12H18N4O. The number of nitrogens with one attached hydrogen (secondary N) is 2. The SMILES string of the molecule is O=c1ccnc(N(C2CC2)C2CCCNC2)[nH]1. The molecule has 92 valence electrons. The summed E-state index contributed by atoms with van der Waals surface area (Å²) in [5.74, 6) is 0.744. The first-order chi connectivity index (χ1) is 8.34. The molecule has 1 aliphatic carbocycles. The molecule has 5 heteroatoms. The van der Waals surface area contributed by atoms with Gasteiger partial charge in [0.15, 0.2) is 0 Å². The summed E-state index contributed by atoms with van der Waals surface area (Å²) in [6, 6.07) is 2.51. The number of aromatic amines is 1. The lowest BCUT2D eigenvalue weighted by atomic mass is 10.1. The first kappa shape index (κ1) is 10.8. The van der Waals surface area contributed by atoms with Crippen LogP contribution in [0.4, 0.5) is 5.95 Å². The van der Waals surface area contributed by atoms with Crippen molar-refractivity contribution in [2.45, 2.75) is 37.8 Å². The van der Waals surface area contributed by atoms with Gasteiger partial charge in [-0.2, -0.15) is 0 Å². The van der Waals surface area contributed by atoms with Gasteiger partial charge in [0.2, 0.25) is 5.95 Å². The number of anilines is 1. The smallest absolute Gasteiger partial charge is 0.252 e. The van der Waals surface area contributed by atoms with Gasteiger partial charge in [-0.1, -0.05) is 0 Å². The van der Waals surface area contributed by atoms with Crippen LogP contribution in [0, 0.1) is 0 Å². The Labute approximate surface area is 100 Å². The van der Waals surface area contributed by atoms with Gasteiger partial charge in [0.25, 0.3) is 5.56 Å². The van der Waals surface area contributed by atoms with Crippen molar-refractivity contribution in [2.24, 2.45) is 0 Å². The van der Waals surface area contributed by atoms with Crippen LogP contribution < -0.4 is 15.8 Å². The molecular weight excluding hydrogens is 216 g/mol. The fourth-order valence-electron chi connectivity index (χ4n) is 2.56. The van der Waals surface area contributed by atoms with Crippen LogP contribution in [-0.2, 0) is 0 Å². The molecule has 2 aliphatic rings. The topological polar surface area (TPSA) is 61.0 Å². The summed E-state index contributed by atoms with van der Waals surface area (Å²) < 4.78 is 0. The molecule has 3 rings (SSSR count). The maximum absolute atomic E-state index is 11.4. The highest BCUT2D eigenvalue weighted by atomic mass is 16.1. The van der Waals surface area contributed by atoms with E-state index in [1.165, 1.54) is 31.7 Å². The van der Waals surface area contributed by atoms with Crippen molar-refractivity contribution in [3.63, 3.8) is 0 Å². The van der Waals surface area contributed by atoms with Gasteiger partial charge in [0, 0.05) is 30.9 Å². The fourth-order valence-corrected chi connectivity index (χ4v) is 2.56. The van der Waals surface area contributed by atoms with Crippen LogP contribution in [0.25, 0.3) is 0 Å². The molecule has 2 heterocycles. The molecule has 0 bridgehead atoms. The summed E-state index contributed by atoms with van der Waals surface area (Å²) in [6.07, 6.45) is 6.41. The number of H-pyrrole nitrogens is 1. The van der Waals surface area contributed by atoms with Gasteiger partial charge in [-0.15, -0.1) is 0 Å². The highest BCUT2D eigenvalue weighted by Gasteiger charge is 2.35. The van der Waals surface area contributed by atoms with E-state index in [1.807, 2.05) is 0 Å². The minimum Gasteiger partial charge on any atom is -0.335 e. The minimum absolute atomic E-state index is 0.0654. The van der Waals surface area contributed by atoms with Crippen LogP contribution in [0.2, 0.25) is 0 Å². The molecule has 2 fully saturated rings. The average molecular weight is 234 g/mol. The van der Waals surface area contributed by atoms with Crippen molar-refractivity contribution in [1.82, 2.24) is 15.3 Å². The summed E-state index contributed by atoms with van der Waals surface area (Å²) in [6.45, 7) is 2.10. The Balaban J connectivity index is 1.86. The highest BCUT2D eigenvalue weighted by Crippen LogP contribution is 2.32. The van der Waals surface area contributed by atoms with Crippen molar-refractivity contribution >= 4 is 5.95 Å². The molecule has 0 spiro atoms. The van der Waals surface area contributed by atoms with Crippen molar-refractivity contribution in [1.29, 1.82) is 0 Å². The van der Waals surface area contributed by atoms with Crippen molar-refractivity contribution in [2.75, 3.05) is 18.0 Å². The highest BCUT2D eigenvalue weighted by molar-refractivity contribution is 5.35. The van der Waals surface area contributed by atoms with E-state index in [9.17, 15) is 4.79 Å². The Morgan fingerprint density at radius 3 is 2.82 bits per heavy atom. The van der Waals surface area contributed by atoms with Crippen molar-refractivity contribution < 1.29 is 0 Å². The monoisotopic (exact) mass is 234 g/mol. The largest absolute Gasteiger partial charge is 0.335 e. The van der Waals surface area contributed by atoms with Gasteiger partial charge in [-0.05, 0) is 32.2 Å². The van der Waals surface area contributed by atoms with Gasteiger partial charge in [0.05, 0.1) is 0 Å². The lowest BCUT2D eigenvalue weighted by molar-refractivity contribution is 0.424. The number of rotatable bonds is 3.